The van der Waals surface area contributed by atoms with E-state index in [9.17, 15) is 14.4 Å². The van der Waals surface area contributed by atoms with E-state index in [-0.39, 0.29) is 17.4 Å². The van der Waals surface area contributed by atoms with Gasteiger partial charge in [-0.3, -0.25) is 9.59 Å². The van der Waals surface area contributed by atoms with Crippen LogP contribution >= 0.6 is 11.6 Å². The van der Waals surface area contributed by atoms with Crippen LogP contribution < -0.4 is 5.32 Å². The molecule has 1 N–H and O–H groups in total. The number of carbonyl (C=O) groups excluding carboxylic acids is 3. The predicted molar refractivity (Wildman–Crippen MR) is 93.5 cm³/mol. The molecule has 0 bridgehead atoms. The minimum Gasteiger partial charge on any atom is -0.465 e. The molecule has 2 fully saturated rings. The van der Waals surface area contributed by atoms with Crippen molar-refractivity contribution in [2.45, 2.75) is 32.1 Å². The number of methoxy groups -OCH3 is 1. The molecule has 0 atom stereocenters. The fourth-order valence-corrected chi connectivity index (χ4v) is 3.34. The molecular weight excluding hydrogens is 344 g/mol. The van der Waals surface area contributed by atoms with Gasteiger partial charge < -0.3 is 15.0 Å². The highest BCUT2D eigenvalue weighted by atomic mass is 35.5. The molecule has 2 aliphatic rings. The van der Waals surface area contributed by atoms with Crippen molar-refractivity contribution in [3.63, 3.8) is 0 Å². The summed E-state index contributed by atoms with van der Waals surface area (Å²) in [4.78, 5) is 39.0. The summed E-state index contributed by atoms with van der Waals surface area (Å²) in [6.07, 6.45) is 4.18. The molecule has 1 saturated heterocycles. The first-order chi connectivity index (χ1) is 12.0. The molecule has 0 unspecified atom stereocenters. The van der Waals surface area contributed by atoms with Gasteiger partial charge in [-0.1, -0.05) is 11.6 Å². The zero-order valence-corrected chi connectivity index (χ0v) is 14.9. The fraction of sp³-hybridized carbons (Fsp3) is 0.500. The van der Waals surface area contributed by atoms with E-state index >= 15 is 0 Å². The van der Waals surface area contributed by atoms with Crippen LogP contribution in [0.5, 0.6) is 0 Å². The van der Waals surface area contributed by atoms with Crippen LogP contribution in [0.3, 0.4) is 0 Å². The van der Waals surface area contributed by atoms with Crippen LogP contribution in [0.4, 0.5) is 5.69 Å². The maximum Gasteiger partial charge on any atom is 0.337 e. The number of ether oxygens (including phenoxy) is 1. The SMILES string of the molecule is COC(=O)c1ccc(Cl)c(NC(=O)C2(C(=O)N3CCCCC3)CC2)c1. The standard InChI is InChI=1S/C18H21ClN2O4/c1-25-15(22)12-5-6-13(19)14(11-12)20-16(23)18(7-8-18)17(24)21-9-3-2-4-10-21/h5-6,11H,2-4,7-10H2,1H3,(H,20,23). The Morgan fingerprint density at radius 2 is 1.84 bits per heavy atom. The van der Waals surface area contributed by atoms with Gasteiger partial charge in [-0.05, 0) is 50.3 Å². The number of nitrogens with zero attached hydrogens (tertiary/aromatic N) is 1. The summed E-state index contributed by atoms with van der Waals surface area (Å²) < 4.78 is 4.68. The lowest BCUT2D eigenvalue weighted by atomic mass is 10.0. The number of hydrogen-bond acceptors (Lipinski definition) is 4. The number of esters is 1. The van der Waals surface area contributed by atoms with Crippen molar-refractivity contribution < 1.29 is 19.1 Å². The molecule has 0 spiro atoms. The van der Waals surface area contributed by atoms with E-state index in [0.29, 0.717) is 36.6 Å². The van der Waals surface area contributed by atoms with Gasteiger partial charge in [0.25, 0.3) is 0 Å². The van der Waals surface area contributed by atoms with Crippen LogP contribution in [0.2, 0.25) is 5.02 Å². The van der Waals surface area contributed by atoms with E-state index in [0.717, 1.165) is 19.3 Å². The Hall–Kier alpha value is -2.08. The monoisotopic (exact) mass is 364 g/mol. The van der Waals surface area contributed by atoms with Crippen molar-refractivity contribution in [2.75, 3.05) is 25.5 Å². The molecule has 2 amide bonds. The Kier molecular flexibility index (Phi) is 4.99. The molecule has 7 heteroatoms. The number of carbonyl (C=O) groups is 3. The van der Waals surface area contributed by atoms with Crippen LogP contribution in [-0.2, 0) is 14.3 Å². The van der Waals surface area contributed by atoms with Gasteiger partial charge in [0.05, 0.1) is 23.4 Å². The quantitative estimate of drug-likeness (QED) is 0.658. The van der Waals surface area contributed by atoms with Crippen molar-refractivity contribution in [3.05, 3.63) is 28.8 Å². The number of anilines is 1. The third kappa shape index (κ3) is 3.49. The minimum atomic E-state index is -0.984. The van der Waals surface area contributed by atoms with Gasteiger partial charge in [0, 0.05) is 13.1 Å². The van der Waals surface area contributed by atoms with Gasteiger partial charge >= 0.3 is 5.97 Å². The summed E-state index contributed by atoms with van der Waals surface area (Å²) >= 11 is 6.12. The molecular formula is C18H21ClN2O4. The molecule has 1 aliphatic heterocycles. The second-order valence-corrected chi connectivity index (χ2v) is 6.98. The second kappa shape index (κ2) is 7.04. The average molecular weight is 365 g/mol. The molecule has 3 rings (SSSR count). The summed E-state index contributed by atoms with van der Waals surface area (Å²) in [5.74, 6) is -0.963. The lowest BCUT2D eigenvalue weighted by Crippen LogP contribution is -2.45. The van der Waals surface area contributed by atoms with E-state index in [2.05, 4.69) is 10.1 Å². The zero-order chi connectivity index (χ0) is 18.0. The topological polar surface area (TPSA) is 75.7 Å². The number of nitrogens with one attached hydrogen (secondary N) is 1. The third-order valence-corrected chi connectivity index (χ3v) is 5.20. The molecule has 1 aromatic carbocycles. The second-order valence-electron chi connectivity index (χ2n) is 6.58. The molecule has 0 radical (unpaired) electrons. The fourth-order valence-electron chi connectivity index (χ4n) is 3.17. The van der Waals surface area contributed by atoms with Gasteiger partial charge in [0.1, 0.15) is 5.41 Å². The molecule has 134 valence electrons. The maximum atomic E-state index is 12.8. The Balaban J connectivity index is 1.75. The van der Waals surface area contributed by atoms with E-state index in [4.69, 9.17) is 11.6 Å². The van der Waals surface area contributed by atoms with Gasteiger partial charge in [-0.2, -0.15) is 0 Å². The summed E-state index contributed by atoms with van der Waals surface area (Å²) in [6.45, 7) is 1.43. The van der Waals surface area contributed by atoms with Gasteiger partial charge in [0.15, 0.2) is 0 Å². The maximum absolute atomic E-state index is 12.8. The summed E-state index contributed by atoms with van der Waals surface area (Å²) in [6, 6.07) is 4.51. The van der Waals surface area contributed by atoms with Crippen molar-refractivity contribution in [1.82, 2.24) is 4.90 Å². The first kappa shape index (κ1) is 17.7. The van der Waals surface area contributed by atoms with E-state index < -0.39 is 11.4 Å². The molecule has 0 aromatic heterocycles. The van der Waals surface area contributed by atoms with E-state index in [1.807, 2.05) is 0 Å². The van der Waals surface area contributed by atoms with Gasteiger partial charge in [-0.25, -0.2) is 4.79 Å². The lowest BCUT2D eigenvalue weighted by Gasteiger charge is -2.30. The van der Waals surface area contributed by atoms with Gasteiger partial charge in [0.2, 0.25) is 11.8 Å². The zero-order valence-electron chi connectivity index (χ0n) is 14.1. The molecule has 6 nitrogen and oxygen atoms in total. The van der Waals surface area contributed by atoms with E-state index in [1.165, 1.54) is 25.3 Å². The summed E-state index contributed by atoms with van der Waals surface area (Å²) in [5, 5.41) is 3.03. The van der Waals surface area contributed by atoms with Crippen molar-refractivity contribution in [3.8, 4) is 0 Å². The van der Waals surface area contributed by atoms with E-state index in [1.54, 1.807) is 4.90 Å². The van der Waals surface area contributed by atoms with Crippen LogP contribution in [0.15, 0.2) is 18.2 Å². The number of halogens is 1. The highest BCUT2D eigenvalue weighted by Crippen LogP contribution is 2.48. The normalized spacial score (nSPS) is 18.4. The Bertz CT molecular complexity index is 709. The lowest BCUT2D eigenvalue weighted by molar-refractivity contribution is -0.143. The first-order valence-electron chi connectivity index (χ1n) is 8.46. The highest BCUT2D eigenvalue weighted by Gasteiger charge is 2.58. The molecule has 1 saturated carbocycles. The number of hydrogen-bond donors (Lipinski definition) is 1. The Morgan fingerprint density at radius 1 is 1.16 bits per heavy atom. The van der Waals surface area contributed by atoms with Gasteiger partial charge in [-0.15, -0.1) is 0 Å². The summed E-state index contributed by atoms with van der Waals surface area (Å²) in [7, 11) is 1.28. The largest absolute Gasteiger partial charge is 0.465 e. The smallest absolute Gasteiger partial charge is 0.337 e. The third-order valence-electron chi connectivity index (χ3n) is 4.87. The number of rotatable bonds is 4. The predicted octanol–water partition coefficient (Wildman–Crippen LogP) is 2.86. The van der Waals surface area contributed by atoms with Crippen LogP contribution in [0, 0.1) is 5.41 Å². The number of likely N-dealkylation sites (tertiary alicyclic amines) is 1. The molecule has 25 heavy (non-hydrogen) atoms. The van der Waals surface area contributed by atoms with Crippen LogP contribution in [0.25, 0.3) is 0 Å². The molecule has 1 heterocycles. The summed E-state index contributed by atoms with van der Waals surface area (Å²) in [5.41, 5.74) is -0.385. The van der Waals surface area contributed by atoms with Crippen LogP contribution in [-0.4, -0.2) is 42.9 Å². The van der Waals surface area contributed by atoms with Crippen LogP contribution in [0.1, 0.15) is 42.5 Å². The highest BCUT2D eigenvalue weighted by molar-refractivity contribution is 6.34. The number of piperidine rings is 1. The van der Waals surface area contributed by atoms with Crippen molar-refractivity contribution in [1.29, 1.82) is 0 Å². The Morgan fingerprint density at radius 3 is 2.44 bits per heavy atom. The number of benzene rings is 1. The number of amides is 2. The Labute approximate surface area is 151 Å². The van der Waals surface area contributed by atoms with Crippen molar-refractivity contribution >= 4 is 35.1 Å². The minimum absolute atomic E-state index is 0.0926. The first-order valence-corrected chi connectivity index (χ1v) is 8.84. The van der Waals surface area contributed by atoms with Crippen molar-refractivity contribution in [2.24, 2.45) is 5.41 Å². The molecule has 1 aromatic rings. The molecule has 1 aliphatic carbocycles. The average Bonchev–Trinajstić information content (AvgIpc) is 3.45.